The van der Waals surface area contributed by atoms with Crippen molar-refractivity contribution in [2.24, 2.45) is 5.10 Å². The van der Waals surface area contributed by atoms with Crippen LogP contribution in [0.15, 0.2) is 23.3 Å². The van der Waals surface area contributed by atoms with Crippen LogP contribution in [0.1, 0.15) is 16.7 Å². The SMILES string of the molecule is Cc1cccc(NC(=S)N/N=C\c2c(F)c(F)c(F)c(F)c2F)c1C. The number of nitrogens with zero attached hydrogens (tertiary/aromatic N) is 1. The average Bonchev–Trinajstić information content (AvgIpc) is 2.58. The van der Waals surface area contributed by atoms with Crippen molar-refractivity contribution in [2.45, 2.75) is 13.8 Å². The molecule has 0 aliphatic carbocycles. The second-order valence-electron chi connectivity index (χ2n) is 5.06. The Morgan fingerprint density at radius 2 is 1.52 bits per heavy atom. The average molecular weight is 373 g/mol. The van der Waals surface area contributed by atoms with Crippen LogP contribution in [-0.4, -0.2) is 11.3 Å². The van der Waals surface area contributed by atoms with E-state index >= 15 is 0 Å². The molecule has 0 amide bonds. The lowest BCUT2D eigenvalue weighted by Crippen LogP contribution is -2.24. The predicted molar refractivity (Wildman–Crippen MR) is 89.1 cm³/mol. The van der Waals surface area contributed by atoms with E-state index in [9.17, 15) is 22.0 Å². The second-order valence-corrected chi connectivity index (χ2v) is 5.46. The van der Waals surface area contributed by atoms with Gasteiger partial charge in [0.2, 0.25) is 5.82 Å². The van der Waals surface area contributed by atoms with Crippen LogP contribution in [0.4, 0.5) is 27.6 Å². The molecule has 2 aromatic rings. The number of hydrogen-bond acceptors (Lipinski definition) is 2. The van der Waals surface area contributed by atoms with Crippen LogP contribution in [0.25, 0.3) is 0 Å². The summed E-state index contributed by atoms with van der Waals surface area (Å²) in [5.74, 6) is -10.3. The Balaban J connectivity index is 2.14. The third-order valence-electron chi connectivity index (χ3n) is 3.46. The first kappa shape index (κ1) is 18.8. The first-order valence-corrected chi connectivity index (χ1v) is 7.32. The van der Waals surface area contributed by atoms with Crippen LogP contribution in [0.3, 0.4) is 0 Å². The van der Waals surface area contributed by atoms with Gasteiger partial charge in [0, 0.05) is 5.69 Å². The number of halogens is 5. The zero-order chi connectivity index (χ0) is 18.7. The maximum absolute atomic E-state index is 13.5. The van der Waals surface area contributed by atoms with Crippen molar-refractivity contribution in [1.29, 1.82) is 0 Å². The molecule has 0 atom stereocenters. The van der Waals surface area contributed by atoms with E-state index in [1.807, 2.05) is 19.9 Å². The summed E-state index contributed by atoms with van der Waals surface area (Å²) in [5.41, 5.74) is 3.71. The van der Waals surface area contributed by atoms with E-state index in [-0.39, 0.29) is 5.11 Å². The number of thiocarbonyl (C=S) groups is 1. The van der Waals surface area contributed by atoms with Crippen molar-refractivity contribution in [3.8, 4) is 0 Å². The van der Waals surface area contributed by atoms with Gasteiger partial charge in [0.25, 0.3) is 0 Å². The molecule has 0 fully saturated rings. The first-order chi connectivity index (χ1) is 11.7. The molecule has 0 radical (unpaired) electrons. The normalized spacial score (nSPS) is 11.0. The molecule has 0 aliphatic rings. The molecule has 0 saturated heterocycles. The van der Waals surface area contributed by atoms with Crippen LogP contribution < -0.4 is 10.7 Å². The first-order valence-electron chi connectivity index (χ1n) is 6.91. The topological polar surface area (TPSA) is 36.4 Å². The maximum atomic E-state index is 13.5. The van der Waals surface area contributed by atoms with E-state index in [0.29, 0.717) is 11.9 Å². The Kier molecular flexibility index (Phi) is 5.68. The summed E-state index contributed by atoms with van der Waals surface area (Å²) in [6.07, 6.45) is 0.466. The summed E-state index contributed by atoms with van der Waals surface area (Å²) < 4.78 is 66.1. The molecule has 2 rings (SSSR count). The number of hydrazone groups is 1. The van der Waals surface area contributed by atoms with Gasteiger partial charge in [0.05, 0.1) is 11.8 Å². The predicted octanol–water partition coefficient (Wildman–Crippen LogP) is 4.32. The zero-order valence-electron chi connectivity index (χ0n) is 13.1. The van der Waals surface area contributed by atoms with Crippen molar-refractivity contribution in [3.05, 3.63) is 64.0 Å². The van der Waals surface area contributed by atoms with Crippen molar-refractivity contribution < 1.29 is 22.0 Å². The number of aryl methyl sites for hydroxylation is 1. The lowest BCUT2D eigenvalue weighted by molar-refractivity contribution is 0.377. The van der Waals surface area contributed by atoms with Gasteiger partial charge >= 0.3 is 0 Å². The number of anilines is 1. The molecule has 0 saturated carbocycles. The monoisotopic (exact) mass is 373 g/mol. The molecular weight excluding hydrogens is 361 g/mol. The van der Waals surface area contributed by atoms with Gasteiger partial charge in [0.1, 0.15) is 0 Å². The minimum atomic E-state index is -2.23. The minimum absolute atomic E-state index is 0.0196. The summed E-state index contributed by atoms with van der Waals surface area (Å²) in [6.45, 7) is 3.76. The summed E-state index contributed by atoms with van der Waals surface area (Å²) in [4.78, 5) is 0. The van der Waals surface area contributed by atoms with Crippen molar-refractivity contribution in [1.82, 2.24) is 5.43 Å². The molecule has 0 unspecified atom stereocenters. The van der Waals surface area contributed by atoms with E-state index in [2.05, 4.69) is 15.8 Å². The van der Waals surface area contributed by atoms with Gasteiger partial charge in [-0.25, -0.2) is 22.0 Å². The Hall–Kier alpha value is -2.55. The minimum Gasteiger partial charge on any atom is -0.331 e. The fourth-order valence-corrected chi connectivity index (χ4v) is 2.09. The van der Waals surface area contributed by atoms with E-state index in [1.54, 1.807) is 12.1 Å². The highest BCUT2D eigenvalue weighted by atomic mass is 32.1. The fourth-order valence-electron chi connectivity index (χ4n) is 1.93. The maximum Gasteiger partial charge on any atom is 0.200 e. The van der Waals surface area contributed by atoms with E-state index < -0.39 is 34.6 Å². The van der Waals surface area contributed by atoms with Crippen LogP contribution in [0.5, 0.6) is 0 Å². The Morgan fingerprint density at radius 3 is 2.12 bits per heavy atom. The van der Waals surface area contributed by atoms with E-state index in [1.165, 1.54) is 0 Å². The molecule has 0 aliphatic heterocycles. The van der Waals surface area contributed by atoms with E-state index in [4.69, 9.17) is 12.2 Å². The van der Waals surface area contributed by atoms with Crippen molar-refractivity contribution in [2.75, 3.05) is 5.32 Å². The standard InChI is InChI=1S/C16H12F5N3S/c1-7-4-3-5-10(8(7)2)23-16(25)24-22-6-9-11(17)13(19)15(21)14(20)12(9)18/h3-6H,1-2H3,(H2,23,24,25)/b22-6-. The molecule has 0 heterocycles. The summed E-state index contributed by atoms with van der Waals surface area (Å²) >= 11 is 4.96. The molecule has 0 spiro atoms. The lowest BCUT2D eigenvalue weighted by Gasteiger charge is -2.11. The van der Waals surface area contributed by atoms with Crippen molar-refractivity contribution >= 4 is 29.2 Å². The highest BCUT2D eigenvalue weighted by Gasteiger charge is 2.24. The highest BCUT2D eigenvalue weighted by Crippen LogP contribution is 2.21. The number of benzene rings is 2. The quantitative estimate of drug-likeness (QED) is 0.210. The zero-order valence-corrected chi connectivity index (χ0v) is 13.9. The molecule has 9 heteroatoms. The van der Waals surface area contributed by atoms with Crippen LogP contribution >= 0.6 is 12.2 Å². The fraction of sp³-hybridized carbons (Fsp3) is 0.125. The lowest BCUT2D eigenvalue weighted by atomic mass is 10.1. The van der Waals surface area contributed by atoms with Gasteiger partial charge in [0.15, 0.2) is 28.4 Å². The highest BCUT2D eigenvalue weighted by molar-refractivity contribution is 7.80. The van der Waals surface area contributed by atoms with Crippen LogP contribution in [-0.2, 0) is 0 Å². The molecule has 0 bridgehead atoms. The number of rotatable bonds is 3. The second kappa shape index (κ2) is 7.56. The van der Waals surface area contributed by atoms with E-state index in [0.717, 1.165) is 11.1 Å². The molecule has 3 nitrogen and oxygen atoms in total. The van der Waals surface area contributed by atoms with Gasteiger partial charge in [-0.1, -0.05) is 12.1 Å². The molecule has 0 aromatic heterocycles. The van der Waals surface area contributed by atoms with Gasteiger partial charge in [-0.05, 0) is 43.3 Å². The molecule has 2 N–H and O–H groups in total. The Labute approximate surface area is 145 Å². The largest absolute Gasteiger partial charge is 0.331 e. The van der Waals surface area contributed by atoms with Gasteiger partial charge in [-0.3, -0.25) is 5.43 Å². The molecule has 25 heavy (non-hydrogen) atoms. The Bertz CT molecular complexity index is 838. The van der Waals surface area contributed by atoms with Gasteiger partial charge < -0.3 is 5.32 Å². The van der Waals surface area contributed by atoms with Crippen LogP contribution in [0.2, 0.25) is 0 Å². The van der Waals surface area contributed by atoms with Crippen molar-refractivity contribution in [3.63, 3.8) is 0 Å². The third kappa shape index (κ3) is 3.93. The molecule has 132 valence electrons. The summed E-state index contributed by atoms with van der Waals surface area (Å²) in [6, 6.07) is 5.45. The summed E-state index contributed by atoms with van der Waals surface area (Å²) in [5, 5.41) is 6.20. The third-order valence-corrected chi connectivity index (χ3v) is 3.65. The summed E-state index contributed by atoms with van der Waals surface area (Å²) in [7, 11) is 0. The molecule has 2 aromatic carbocycles. The van der Waals surface area contributed by atoms with Gasteiger partial charge in [-0.15, -0.1) is 0 Å². The van der Waals surface area contributed by atoms with Gasteiger partial charge in [-0.2, -0.15) is 5.10 Å². The number of nitrogens with one attached hydrogen (secondary N) is 2. The smallest absolute Gasteiger partial charge is 0.200 e. The number of hydrogen-bond donors (Lipinski definition) is 2. The molecular formula is C16H12F5N3S. The Morgan fingerprint density at radius 1 is 0.960 bits per heavy atom. The van der Waals surface area contributed by atoms with Crippen LogP contribution in [0, 0.1) is 42.9 Å².